The third-order valence-corrected chi connectivity index (χ3v) is 7.12. The molecule has 2 rings (SSSR count). The van der Waals surface area contributed by atoms with Crippen LogP contribution in [-0.2, 0) is 0 Å². The van der Waals surface area contributed by atoms with Gasteiger partial charge in [-0.2, -0.15) is 0 Å². The minimum Gasteiger partial charge on any atom is -0.0994 e. The topological polar surface area (TPSA) is 0 Å². The molecule has 0 unspecified atom stereocenters. The minimum absolute atomic E-state index is 1.22. The molecule has 0 heterocycles. The van der Waals surface area contributed by atoms with E-state index >= 15 is 0 Å². The molecule has 0 aromatic heterocycles. The van der Waals surface area contributed by atoms with Gasteiger partial charge in [0.25, 0.3) is 0 Å². The average molecular weight is 264 g/mol. The van der Waals surface area contributed by atoms with Crippen molar-refractivity contribution >= 4 is 19.3 Å². The molecule has 0 amide bonds. The lowest BCUT2D eigenvalue weighted by atomic mass is 10.2. The lowest BCUT2D eigenvalue weighted by molar-refractivity contribution is 1.64. The van der Waals surface area contributed by atoms with Crippen LogP contribution in [0.1, 0.15) is 5.56 Å². The number of allylic oxidation sites excluding steroid dienone is 2. The second kappa shape index (κ2) is 5.85. The Labute approximate surface area is 117 Å². The highest BCUT2D eigenvalue weighted by Crippen LogP contribution is 2.16. The highest BCUT2D eigenvalue weighted by molar-refractivity contribution is 6.96. The number of rotatable bonds is 4. The SMILES string of the molecule is C=C(/C=C/c1ccccc1)[Si](C)(C)c1ccccc1. The summed E-state index contributed by atoms with van der Waals surface area (Å²) in [5.74, 6) is 0. The van der Waals surface area contributed by atoms with Gasteiger partial charge in [0.05, 0.1) is 0 Å². The Morgan fingerprint density at radius 1 is 0.895 bits per heavy atom. The minimum atomic E-state index is -1.62. The summed E-state index contributed by atoms with van der Waals surface area (Å²) in [6, 6.07) is 21.1. The Bertz CT molecular complexity index is 565. The molecule has 0 aliphatic carbocycles. The predicted octanol–water partition coefficient (Wildman–Crippen LogP) is 4.41. The lowest BCUT2D eigenvalue weighted by Crippen LogP contribution is -2.42. The van der Waals surface area contributed by atoms with E-state index in [1.807, 2.05) is 6.07 Å². The van der Waals surface area contributed by atoms with Gasteiger partial charge in [0.1, 0.15) is 8.07 Å². The van der Waals surface area contributed by atoms with Crippen LogP contribution in [0.15, 0.2) is 78.5 Å². The van der Waals surface area contributed by atoms with Crippen molar-refractivity contribution in [1.82, 2.24) is 0 Å². The molecule has 0 N–H and O–H groups in total. The van der Waals surface area contributed by atoms with Crippen LogP contribution >= 0.6 is 0 Å². The normalized spacial score (nSPS) is 11.7. The lowest BCUT2D eigenvalue weighted by Gasteiger charge is -2.23. The van der Waals surface area contributed by atoms with Crippen LogP contribution in [0.3, 0.4) is 0 Å². The summed E-state index contributed by atoms with van der Waals surface area (Å²) in [6.07, 6.45) is 4.33. The Morgan fingerprint density at radius 3 is 2.00 bits per heavy atom. The van der Waals surface area contributed by atoms with Crippen LogP contribution in [0.5, 0.6) is 0 Å². The summed E-state index contributed by atoms with van der Waals surface area (Å²) in [6.45, 7) is 8.99. The van der Waals surface area contributed by atoms with Crippen LogP contribution < -0.4 is 5.19 Å². The van der Waals surface area contributed by atoms with Crippen molar-refractivity contribution in [2.45, 2.75) is 13.1 Å². The smallest absolute Gasteiger partial charge is 0.0994 e. The van der Waals surface area contributed by atoms with E-state index in [1.54, 1.807) is 0 Å². The van der Waals surface area contributed by atoms with E-state index in [1.165, 1.54) is 15.9 Å². The van der Waals surface area contributed by atoms with Gasteiger partial charge in [-0.15, -0.1) is 0 Å². The molecule has 2 aromatic carbocycles. The zero-order chi connectivity index (χ0) is 13.7. The molecule has 0 bridgehead atoms. The highest BCUT2D eigenvalue weighted by atomic mass is 28.3. The summed E-state index contributed by atoms with van der Waals surface area (Å²) in [4.78, 5) is 0. The molecule has 0 saturated heterocycles. The number of benzene rings is 2. The summed E-state index contributed by atoms with van der Waals surface area (Å²) in [5.41, 5.74) is 1.22. The average Bonchev–Trinajstić information content (AvgIpc) is 2.46. The molecule has 0 fully saturated rings. The second-order valence-corrected chi connectivity index (χ2v) is 9.73. The number of hydrogen-bond acceptors (Lipinski definition) is 0. The molecule has 0 atom stereocenters. The van der Waals surface area contributed by atoms with E-state index in [-0.39, 0.29) is 0 Å². The van der Waals surface area contributed by atoms with Crippen LogP contribution in [0.4, 0.5) is 0 Å². The monoisotopic (exact) mass is 264 g/mol. The van der Waals surface area contributed by atoms with Gasteiger partial charge in [-0.05, 0) is 5.56 Å². The Balaban J connectivity index is 2.18. The van der Waals surface area contributed by atoms with Gasteiger partial charge < -0.3 is 0 Å². The maximum absolute atomic E-state index is 4.29. The first-order chi connectivity index (χ1) is 9.10. The molecule has 0 aliphatic rings. The standard InChI is InChI=1S/C18H20Si/c1-16(14-15-17-10-6-4-7-11-17)19(2,3)18-12-8-5-9-13-18/h4-15H,1H2,2-3H3/b15-14+. The fraction of sp³-hybridized carbons (Fsp3) is 0.111. The third-order valence-electron chi connectivity index (χ3n) is 3.57. The van der Waals surface area contributed by atoms with Gasteiger partial charge in [0, 0.05) is 0 Å². The van der Waals surface area contributed by atoms with Crippen molar-refractivity contribution in [2.75, 3.05) is 0 Å². The predicted molar refractivity (Wildman–Crippen MR) is 88.2 cm³/mol. The fourth-order valence-corrected chi connectivity index (χ4v) is 3.91. The molecule has 1 heteroatoms. The molecule has 0 nitrogen and oxygen atoms in total. The quantitative estimate of drug-likeness (QED) is 0.567. The van der Waals surface area contributed by atoms with Crippen LogP contribution in [-0.4, -0.2) is 8.07 Å². The van der Waals surface area contributed by atoms with E-state index in [0.29, 0.717) is 0 Å². The Morgan fingerprint density at radius 2 is 1.42 bits per heavy atom. The van der Waals surface area contributed by atoms with Gasteiger partial charge in [-0.3, -0.25) is 0 Å². The molecule has 0 spiro atoms. The van der Waals surface area contributed by atoms with E-state index in [4.69, 9.17) is 0 Å². The zero-order valence-corrected chi connectivity index (χ0v) is 12.6. The van der Waals surface area contributed by atoms with Crippen molar-refractivity contribution in [3.8, 4) is 0 Å². The maximum atomic E-state index is 4.29. The molecule has 96 valence electrons. The van der Waals surface area contributed by atoms with Gasteiger partial charge in [0.15, 0.2) is 0 Å². The van der Waals surface area contributed by atoms with Crippen molar-refractivity contribution in [1.29, 1.82) is 0 Å². The zero-order valence-electron chi connectivity index (χ0n) is 11.6. The first-order valence-electron chi connectivity index (χ1n) is 6.59. The van der Waals surface area contributed by atoms with Gasteiger partial charge in [-0.1, -0.05) is 103 Å². The van der Waals surface area contributed by atoms with Crippen LogP contribution in [0.2, 0.25) is 13.1 Å². The second-order valence-electron chi connectivity index (χ2n) is 5.26. The van der Waals surface area contributed by atoms with Crippen LogP contribution in [0, 0.1) is 0 Å². The maximum Gasteiger partial charge on any atom is 0.111 e. The molecule has 0 saturated carbocycles. The Kier molecular flexibility index (Phi) is 4.18. The molecule has 0 aliphatic heterocycles. The molecular formula is C18H20Si. The summed E-state index contributed by atoms with van der Waals surface area (Å²) in [5, 5.41) is 2.68. The van der Waals surface area contributed by atoms with E-state index in [9.17, 15) is 0 Å². The van der Waals surface area contributed by atoms with Crippen molar-refractivity contribution < 1.29 is 0 Å². The van der Waals surface area contributed by atoms with Crippen molar-refractivity contribution in [3.63, 3.8) is 0 Å². The molecule has 0 radical (unpaired) electrons. The van der Waals surface area contributed by atoms with Gasteiger partial charge >= 0.3 is 0 Å². The Hall–Kier alpha value is -1.86. The van der Waals surface area contributed by atoms with Crippen molar-refractivity contribution in [3.05, 3.63) is 84.1 Å². The van der Waals surface area contributed by atoms with E-state index in [0.717, 1.165) is 0 Å². The van der Waals surface area contributed by atoms with Gasteiger partial charge in [0.2, 0.25) is 0 Å². The fourth-order valence-electron chi connectivity index (χ4n) is 2.01. The third kappa shape index (κ3) is 3.33. The first-order valence-corrected chi connectivity index (χ1v) is 9.59. The van der Waals surface area contributed by atoms with E-state index < -0.39 is 8.07 Å². The largest absolute Gasteiger partial charge is 0.111 e. The highest BCUT2D eigenvalue weighted by Gasteiger charge is 2.24. The molecule has 2 aromatic rings. The van der Waals surface area contributed by atoms with Crippen LogP contribution in [0.25, 0.3) is 6.08 Å². The number of hydrogen-bond donors (Lipinski definition) is 0. The molecular weight excluding hydrogens is 244 g/mol. The summed E-state index contributed by atoms with van der Waals surface area (Å²) < 4.78 is 0. The summed E-state index contributed by atoms with van der Waals surface area (Å²) >= 11 is 0. The first kappa shape index (κ1) is 13.6. The summed E-state index contributed by atoms with van der Waals surface area (Å²) in [7, 11) is -1.62. The van der Waals surface area contributed by atoms with Gasteiger partial charge in [-0.25, -0.2) is 0 Å². The molecule has 19 heavy (non-hydrogen) atoms. The van der Waals surface area contributed by atoms with Crippen molar-refractivity contribution in [2.24, 2.45) is 0 Å². The van der Waals surface area contributed by atoms with E-state index in [2.05, 4.69) is 86.4 Å².